The highest BCUT2D eigenvalue weighted by Gasteiger charge is 2.19. The highest BCUT2D eigenvalue weighted by Crippen LogP contribution is 2.35. The lowest BCUT2D eigenvalue weighted by Crippen LogP contribution is -2.22. The minimum atomic E-state index is -0.271. The van der Waals surface area contributed by atoms with Crippen molar-refractivity contribution in [1.29, 1.82) is 0 Å². The number of carbonyl (C=O) groups excluding carboxylic acids is 1. The molecule has 0 bridgehead atoms. The summed E-state index contributed by atoms with van der Waals surface area (Å²) in [5, 5.41) is 10.9. The zero-order valence-corrected chi connectivity index (χ0v) is 15.7. The van der Waals surface area contributed by atoms with E-state index in [1.54, 1.807) is 30.0 Å². The topological polar surface area (TPSA) is 73.3 Å². The van der Waals surface area contributed by atoms with Gasteiger partial charge in [0.05, 0.1) is 5.25 Å². The Morgan fingerprint density at radius 3 is 2.96 bits per heavy atom. The van der Waals surface area contributed by atoms with E-state index in [1.807, 2.05) is 6.92 Å². The molecule has 1 aromatic heterocycles. The number of nitrogens with zero attached hydrogens (tertiary/aromatic N) is 2. The standard InChI is InChI=1S/C15H17N3O3S3/c1-3-6-22-14-17-18-15(24-14)23-9(2)13(19)16-10-4-5-11-12(7-10)21-8-20-11/h4-5,7,9H,3,6,8H2,1-2H3,(H,16,19). The Hall–Kier alpha value is -1.45. The first kappa shape index (κ1) is 17.4. The molecule has 0 spiro atoms. The average molecular weight is 384 g/mol. The second-order valence-corrected chi connectivity index (χ2v) is 8.91. The Morgan fingerprint density at radius 2 is 2.12 bits per heavy atom. The van der Waals surface area contributed by atoms with Gasteiger partial charge in [0.2, 0.25) is 12.7 Å². The molecule has 0 fully saturated rings. The number of rotatable bonds is 7. The summed E-state index contributed by atoms with van der Waals surface area (Å²) in [6.07, 6.45) is 1.10. The van der Waals surface area contributed by atoms with Crippen molar-refractivity contribution in [2.75, 3.05) is 17.9 Å². The third-order valence-corrected chi connectivity index (χ3v) is 6.55. The van der Waals surface area contributed by atoms with Crippen LogP contribution in [0.3, 0.4) is 0 Å². The van der Waals surface area contributed by atoms with Crippen LogP contribution >= 0.6 is 34.9 Å². The van der Waals surface area contributed by atoms with Crippen molar-refractivity contribution in [3.05, 3.63) is 18.2 Å². The summed E-state index contributed by atoms with van der Waals surface area (Å²) in [5.74, 6) is 2.28. The Labute approximate surface area is 152 Å². The second kappa shape index (κ2) is 8.09. The fourth-order valence-electron chi connectivity index (χ4n) is 1.92. The molecule has 9 heteroatoms. The molecule has 1 aliphatic heterocycles. The number of fused-ring (bicyclic) bond motifs is 1. The van der Waals surface area contributed by atoms with E-state index in [0.29, 0.717) is 17.2 Å². The van der Waals surface area contributed by atoms with E-state index in [0.717, 1.165) is 20.9 Å². The minimum absolute atomic E-state index is 0.0863. The van der Waals surface area contributed by atoms with Crippen molar-refractivity contribution in [1.82, 2.24) is 10.2 Å². The predicted octanol–water partition coefficient (Wildman–Crippen LogP) is 3.89. The first-order valence-electron chi connectivity index (χ1n) is 7.49. The number of benzene rings is 1. The summed E-state index contributed by atoms with van der Waals surface area (Å²) in [4.78, 5) is 12.3. The average Bonchev–Trinajstić information content (AvgIpc) is 3.21. The van der Waals surface area contributed by atoms with E-state index in [9.17, 15) is 4.79 Å². The van der Waals surface area contributed by atoms with Gasteiger partial charge < -0.3 is 14.8 Å². The SMILES string of the molecule is CCCSc1nnc(SC(C)C(=O)Nc2ccc3c(c2)OCO3)s1. The fourth-order valence-corrected chi connectivity index (χ4v) is 5.00. The Balaban J connectivity index is 1.55. The van der Waals surface area contributed by atoms with Crippen LogP contribution in [0.2, 0.25) is 0 Å². The van der Waals surface area contributed by atoms with Gasteiger partial charge in [-0.2, -0.15) is 0 Å². The lowest BCUT2D eigenvalue weighted by atomic mass is 10.2. The molecule has 0 aliphatic carbocycles. The molecule has 6 nitrogen and oxygen atoms in total. The summed E-state index contributed by atoms with van der Waals surface area (Å²) in [5.41, 5.74) is 0.688. The van der Waals surface area contributed by atoms with Gasteiger partial charge in [-0.25, -0.2) is 0 Å². The number of amides is 1. The zero-order valence-electron chi connectivity index (χ0n) is 13.3. The van der Waals surface area contributed by atoms with Gasteiger partial charge in [-0.05, 0) is 25.5 Å². The van der Waals surface area contributed by atoms with Gasteiger partial charge in [-0.1, -0.05) is 41.8 Å². The molecule has 1 amide bonds. The lowest BCUT2D eigenvalue weighted by molar-refractivity contribution is -0.115. The van der Waals surface area contributed by atoms with Crippen molar-refractivity contribution < 1.29 is 14.3 Å². The van der Waals surface area contributed by atoms with Gasteiger partial charge in [0.15, 0.2) is 20.2 Å². The second-order valence-electron chi connectivity index (χ2n) is 5.00. The van der Waals surface area contributed by atoms with Gasteiger partial charge in [-0.3, -0.25) is 4.79 Å². The maximum atomic E-state index is 12.3. The molecular formula is C15H17N3O3S3. The summed E-state index contributed by atoms with van der Waals surface area (Å²) in [6.45, 7) is 4.20. The molecule has 3 rings (SSSR count). The maximum Gasteiger partial charge on any atom is 0.237 e. The molecule has 0 saturated carbocycles. The number of thioether (sulfide) groups is 2. The fraction of sp³-hybridized carbons (Fsp3) is 0.400. The Morgan fingerprint density at radius 1 is 1.33 bits per heavy atom. The van der Waals surface area contributed by atoms with Crippen molar-refractivity contribution in [3.63, 3.8) is 0 Å². The first-order valence-corrected chi connectivity index (χ1v) is 10.2. The molecule has 1 N–H and O–H groups in total. The van der Waals surface area contributed by atoms with E-state index >= 15 is 0 Å². The molecule has 1 unspecified atom stereocenters. The first-order chi connectivity index (χ1) is 11.7. The molecule has 24 heavy (non-hydrogen) atoms. The summed E-state index contributed by atoms with van der Waals surface area (Å²) < 4.78 is 12.3. The van der Waals surface area contributed by atoms with Gasteiger partial charge in [-0.15, -0.1) is 10.2 Å². The van der Waals surface area contributed by atoms with Crippen LogP contribution in [0.1, 0.15) is 20.3 Å². The number of anilines is 1. The van der Waals surface area contributed by atoms with Crippen molar-refractivity contribution in [2.24, 2.45) is 0 Å². The number of carbonyl (C=O) groups is 1. The highest BCUT2D eigenvalue weighted by molar-refractivity contribution is 8.03. The van der Waals surface area contributed by atoms with Crippen molar-refractivity contribution >= 4 is 46.5 Å². The van der Waals surface area contributed by atoms with Crippen molar-refractivity contribution in [2.45, 2.75) is 34.2 Å². The van der Waals surface area contributed by atoms with E-state index in [1.165, 1.54) is 23.1 Å². The molecule has 128 valence electrons. The molecule has 1 aromatic carbocycles. The summed E-state index contributed by atoms with van der Waals surface area (Å²) in [7, 11) is 0. The smallest absolute Gasteiger partial charge is 0.237 e. The van der Waals surface area contributed by atoms with Crippen LogP contribution in [-0.4, -0.2) is 33.9 Å². The van der Waals surface area contributed by atoms with Crippen LogP contribution in [0.4, 0.5) is 5.69 Å². The maximum absolute atomic E-state index is 12.3. The molecule has 0 saturated heterocycles. The normalized spacial score (nSPS) is 13.8. The van der Waals surface area contributed by atoms with Crippen LogP contribution < -0.4 is 14.8 Å². The lowest BCUT2D eigenvalue weighted by Gasteiger charge is -2.10. The third-order valence-electron chi connectivity index (χ3n) is 3.10. The van der Waals surface area contributed by atoms with E-state index in [2.05, 4.69) is 22.4 Å². The Bertz CT molecular complexity index is 723. The molecule has 2 heterocycles. The predicted molar refractivity (Wildman–Crippen MR) is 97.4 cm³/mol. The number of ether oxygens (including phenoxy) is 2. The van der Waals surface area contributed by atoms with Crippen LogP contribution in [0.15, 0.2) is 26.9 Å². The largest absolute Gasteiger partial charge is 0.454 e. The van der Waals surface area contributed by atoms with Gasteiger partial charge in [0.25, 0.3) is 0 Å². The third kappa shape index (κ3) is 4.34. The molecule has 2 aromatic rings. The number of hydrogen-bond donors (Lipinski definition) is 1. The van der Waals surface area contributed by atoms with Gasteiger partial charge in [0.1, 0.15) is 0 Å². The summed E-state index contributed by atoms with van der Waals surface area (Å²) >= 11 is 4.64. The zero-order chi connectivity index (χ0) is 16.9. The van der Waals surface area contributed by atoms with Crippen LogP contribution in [0.25, 0.3) is 0 Å². The monoisotopic (exact) mass is 383 g/mol. The van der Waals surface area contributed by atoms with Crippen LogP contribution in [0.5, 0.6) is 11.5 Å². The van der Waals surface area contributed by atoms with Gasteiger partial charge in [0, 0.05) is 17.5 Å². The quantitative estimate of drug-likeness (QED) is 0.727. The van der Waals surface area contributed by atoms with Crippen molar-refractivity contribution in [3.8, 4) is 11.5 Å². The Kier molecular flexibility index (Phi) is 5.85. The molecule has 0 radical (unpaired) electrons. The molecular weight excluding hydrogens is 366 g/mol. The molecule has 1 atom stereocenters. The van der Waals surface area contributed by atoms with Crippen LogP contribution in [0, 0.1) is 0 Å². The summed E-state index contributed by atoms with van der Waals surface area (Å²) in [6, 6.07) is 5.35. The van der Waals surface area contributed by atoms with Crippen LogP contribution in [-0.2, 0) is 4.79 Å². The number of hydrogen-bond acceptors (Lipinski definition) is 8. The van der Waals surface area contributed by atoms with Gasteiger partial charge >= 0.3 is 0 Å². The minimum Gasteiger partial charge on any atom is -0.454 e. The van der Waals surface area contributed by atoms with E-state index < -0.39 is 0 Å². The van der Waals surface area contributed by atoms with E-state index in [-0.39, 0.29) is 18.0 Å². The molecule has 1 aliphatic rings. The number of nitrogens with one attached hydrogen (secondary N) is 1. The number of aromatic nitrogens is 2. The highest BCUT2D eigenvalue weighted by atomic mass is 32.2. The van der Waals surface area contributed by atoms with E-state index in [4.69, 9.17) is 9.47 Å².